The van der Waals surface area contributed by atoms with Gasteiger partial charge in [-0.15, -0.1) is 12.4 Å². The second kappa shape index (κ2) is 7.60. The highest BCUT2D eigenvalue weighted by molar-refractivity contribution is 5.95. The molecule has 1 rings (SSSR count). The van der Waals surface area contributed by atoms with E-state index in [0.717, 1.165) is 0 Å². The lowest BCUT2D eigenvalue weighted by molar-refractivity contribution is -0.118. The molecule has 0 unspecified atom stereocenters. The third-order valence-corrected chi connectivity index (χ3v) is 2.44. The summed E-state index contributed by atoms with van der Waals surface area (Å²) in [5.74, 6) is -0.165. The van der Waals surface area contributed by atoms with E-state index in [0.29, 0.717) is 11.4 Å². The number of urea groups is 1. The number of primary amides is 1. The van der Waals surface area contributed by atoms with E-state index in [1.165, 1.54) is 0 Å². The number of amides is 3. The number of rotatable bonds is 4. The molecule has 0 heterocycles. The predicted octanol–water partition coefficient (Wildman–Crippen LogP) is 1.52. The number of carbonyl (C=O) groups excluding carboxylic acids is 2. The summed E-state index contributed by atoms with van der Waals surface area (Å²) in [6.45, 7) is 3.76. The van der Waals surface area contributed by atoms with Gasteiger partial charge in [0.25, 0.3) is 0 Å². The molecule has 1 aromatic carbocycles. The van der Waals surface area contributed by atoms with Gasteiger partial charge in [0, 0.05) is 11.4 Å². The quantitative estimate of drug-likeness (QED) is 0.673. The topological polar surface area (TPSA) is 110 Å². The van der Waals surface area contributed by atoms with Crippen LogP contribution in [0.5, 0.6) is 0 Å². The molecule has 3 amide bonds. The second-order valence-corrected chi connectivity index (χ2v) is 4.33. The van der Waals surface area contributed by atoms with E-state index in [1.807, 2.05) is 13.8 Å². The van der Waals surface area contributed by atoms with Crippen molar-refractivity contribution >= 4 is 35.7 Å². The zero-order chi connectivity index (χ0) is 13.7. The fourth-order valence-corrected chi connectivity index (χ4v) is 1.31. The number of carbonyl (C=O) groups is 2. The highest BCUT2D eigenvalue weighted by Crippen LogP contribution is 2.14. The molecule has 0 aliphatic carbocycles. The number of nitrogens with two attached hydrogens (primary N) is 2. The van der Waals surface area contributed by atoms with Crippen LogP contribution in [0, 0.1) is 5.92 Å². The molecule has 0 bridgehead atoms. The highest BCUT2D eigenvalue weighted by Gasteiger charge is 2.16. The number of halogens is 1. The highest BCUT2D eigenvalue weighted by atomic mass is 35.5. The van der Waals surface area contributed by atoms with Crippen LogP contribution in [0.25, 0.3) is 0 Å². The Morgan fingerprint density at radius 1 is 1.05 bits per heavy atom. The lowest BCUT2D eigenvalue weighted by atomic mass is 10.0. The van der Waals surface area contributed by atoms with Crippen molar-refractivity contribution in [3.8, 4) is 0 Å². The number of anilines is 2. The Morgan fingerprint density at radius 2 is 1.47 bits per heavy atom. The lowest BCUT2D eigenvalue weighted by Gasteiger charge is -2.15. The van der Waals surface area contributed by atoms with E-state index >= 15 is 0 Å². The van der Waals surface area contributed by atoms with Crippen molar-refractivity contribution in [3.05, 3.63) is 24.3 Å². The van der Waals surface area contributed by atoms with Crippen molar-refractivity contribution in [2.45, 2.75) is 19.9 Å². The van der Waals surface area contributed by atoms with Crippen molar-refractivity contribution in [2.24, 2.45) is 17.4 Å². The summed E-state index contributed by atoms with van der Waals surface area (Å²) in [5, 5.41) is 5.12. The first-order valence-electron chi connectivity index (χ1n) is 5.63. The second-order valence-electron chi connectivity index (χ2n) is 4.33. The minimum absolute atomic E-state index is 0. The summed E-state index contributed by atoms with van der Waals surface area (Å²) in [6.07, 6.45) is 0. The normalized spacial score (nSPS) is 11.4. The summed E-state index contributed by atoms with van der Waals surface area (Å²) in [5.41, 5.74) is 11.9. The summed E-state index contributed by atoms with van der Waals surface area (Å²) in [4.78, 5) is 22.3. The van der Waals surface area contributed by atoms with Gasteiger partial charge in [-0.2, -0.15) is 0 Å². The van der Waals surface area contributed by atoms with Crippen molar-refractivity contribution in [2.75, 3.05) is 10.6 Å². The number of hydrogen-bond donors (Lipinski definition) is 4. The Balaban J connectivity index is 0.00000324. The number of hydrogen-bond acceptors (Lipinski definition) is 3. The van der Waals surface area contributed by atoms with E-state index in [1.54, 1.807) is 24.3 Å². The maximum absolute atomic E-state index is 11.7. The first-order valence-corrected chi connectivity index (χ1v) is 5.63. The Hall–Kier alpha value is -1.79. The molecular weight excluding hydrogens is 268 g/mol. The molecule has 0 fully saturated rings. The standard InChI is InChI=1S/C12H18N4O2.ClH/c1-7(2)10(13)11(17)15-8-3-5-9(6-4-8)16-12(14)18;/h3-7,10H,13H2,1-2H3,(H,15,17)(H3,14,16,18);1H/t10-;/m0./s1. The molecular formula is C12H19ClN4O2. The molecule has 6 nitrogen and oxygen atoms in total. The van der Waals surface area contributed by atoms with Crippen LogP contribution < -0.4 is 22.1 Å². The number of nitrogens with one attached hydrogen (secondary N) is 2. The molecule has 0 aromatic heterocycles. The Morgan fingerprint density at radius 3 is 1.84 bits per heavy atom. The van der Waals surface area contributed by atoms with Crippen LogP contribution in [-0.2, 0) is 4.79 Å². The van der Waals surface area contributed by atoms with Crippen LogP contribution in [0.1, 0.15) is 13.8 Å². The van der Waals surface area contributed by atoms with Crippen molar-refractivity contribution in [1.82, 2.24) is 0 Å². The first kappa shape index (κ1) is 17.2. The average molecular weight is 287 g/mol. The molecule has 1 aromatic rings. The van der Waals surface area contributed by atoms with Gasteiger partial charge in [0.2, 0.25) is 5.91 Å². The van der Waals surface area contributed by atoms with Crippen LogP contribution in [0.4, 0.5) is 16.2 Å². The van der Waals surface area contributed by atoms with E-state index in [2.05, 4.69) is 10.6 Å². The van der Waals surface area contributed by atoms with Crippen LogP contribution >= 0.6 is 12.4 Å². The molecule has 0 spiro atoms. The summed E-state index contributed by atoms with van der Waals surface area (Å²) in [6, 6.07) is 5.43. The molecule has 19 heavy (non-hydrogen) atoms. The number of benzene rings is 1. The molecule has 6 N–H and O–H groups in total. The molecule has 0 aliphatic rings. The molecule has 0 radical (unpaired) electrons. The molecule has 0 saturated heterocycles. The maximum atomic E-state index is 11.7. The smallest absolute Gasteiger partial charge is 0.316 e. The minimum atomic E-state index is -0.631. The van der Waals surface area contributed by atoms with Crippen molar-refractivity contribution in [1.29, 1.82) is 0 Å². The van der Waals surface area contributed by atoms with Crippen LogP contribution in [0.15, 0.2) is 24.3 Å². The van der Waals surface area contributed by atoms with Crippen LogP contribution in [-0.4, -0.2) is 18.0 Å². The fraction of sp³-hybridized carbons (Fsp3) is 0.333. The lowest BCUT2D eigenvalue weighted by Crippen LogP contribution is -2.39. The van der Waals surface area contributed by atoms with Crippen LogP contribution in [0.2, 0.25) is 0 Å². The van der Waals surface area contributed by atoms with Gasteiger partial charge in [-0.05, 0) is 30.2 Å². The molecule has 0 saturated carbocycles. The third kappa shape index (κ3) is 5.58. The molecule has 0 aliphatic heterocycles. The monoisotopic (exact) mass is 286 g/mol. The van der Waals surface area contributed by atoms with Gasteiger partial charge in [0.05, 0.1) is 6.04 Å². The van der Waals surface area contributed by atoms with E-state index < -0.39 is 12.1 Å². The van der Waals surface area contributed by atoms with Crippen molar-refractivity contribution < 1.29 is 9.59 Å². The third-order valence-electron chi connectivity index (χ3n) is 2.44. The Kier molecular flexibility index (Phi) is 6.89. The van der Waals surface area contributed by atoms with Gasteiger partial charge in [-0.3, -0.25) is 4.79 Å². The van der Waals surface area contributed by atoms with E-state index in [-0.39, 0.29) is 24.2 Å². The zero-order valence-corrected chi connectivity index (χ0v) is 11.7. The van der Waals surface area contributed by atoms with Crippen LogP contribution in [0.3, 0.4) is 0 Å². The van der Waals surface area contributed by atoms with Gasteiger partial charge in [0.15, 0.2) is 0 Å². The zero-order valence-electron chi connectivity index (χ0n) is 10.8. The van der Waals surface area contributed by atoms with Gasteiger partial charge in [-0.1, -0.05) is 13.8 Å². The molecule has 1 atom stereocenters. The largest absolute Gasteiger partial charge is 0.351 e. The minimum Gasteiger partial charge on any atom is -0.351 e. The van der Waals surface area contributed by atoms with Gasteiger partial charge in [0.1, 0.15) is 0 Å². The molecule has 106 valence electrons. The molecule has 7 heteroatoms. The Labute approximate surface area is 118 Å². The predicted molar refractivity (Wildman–Crippen MR) is 78.3 cm³/mol. The maximum Gasteiger partial charge on any atom is 0.316 e. The SMILES string of the molecule is CC(C)[C@H](N)C(=O)Nc1ccc(NC(N)=O)cc1.Cl. The summed E-state index contributed by atoms with van der Waals surface area (Å²) < 4.78 is 0. The van der Waals surface area contributed by atoms with Crippen molar-refractivity contribution in [3.63, 3.8) is 0 Å². The Bertz CT molecular complexity index is 434. The van der Waals surface area contributed by atoms with Gasteiger partial charge >= 0.3 is 6.03 Å². The van der Waals surface area contributed by atoms with Gasteiger partial charge in [-0.25, -0.2) is 4.79 Å². The van der Waals surface area contributed by atoms with E-state index in [9.17, 15) is 9.59 Å². The summed E-state index contributed by atoms with van der Waals surface area (Å²) in [7, 11) is 0. The average Bonchev–Trinajstić information content (AvgIpc) is 2.29. The summed E-state index contributed by atoms with van der Waals surface area (Å²) >= 11 is 0. The first-order chi connectivity index (χ1) is 8.40. The van der Waals surface area contributed by atoms with Gasteiger partial charge < -0.3 is 22.1 Å². The fourth-order valence-electron chi connectivity index (χ4n) is 1.31. The van der Waals surface area contributed by atoms with E-state index in [4.69, 9.17) is 11.5 Å².